The van der Waals surface area contributed by atoms with E-state index in [1.807, 2.05) is 0 Å². The number of aliphatic hydroxyl groups excluding tert-OH is 2. The van der Waals surface area contributed by atoms with Crippen molar-refractivity contribution in [2.45, 2.75) is 38.2 Å². The minimum Gasteiger partial charge on any atom is -0.394 e. The summed E-state index contributed by atoms with van der Waals surface area (Å²) in [6.45, 7) is 0.950. The lowest BCUT2D eigenvalue weighted by Gasteiger charge is -2.15. The van der Waals surface area contributed by atoms with Crippen molar-refractivity contribution in [1.29, 1.82) is 0 Å². The van der Waals surface area contributed by atoms with Gasteiger partial charge in [0, 0.05) is 12.8 Å². The zero-order chi connectivity index (χ0) is 8.91. The number of halogens is 2. The predicted molar refractivity (Wildman–Crippen MR) is 37.6 cm³/mol. The molecule has 0 fully saturated rings. The Balaban J connectivity index is 3.52. The van der Waals surface area contributed by atoms with E-state index in [0.717, 1.165) is 0 Å². The van der Waals surface area contributed by atoms with Crippen LogP contribution in [0, 0.1) is 0 Å². The van der Waals surface area contributed by atoms with E-state index in [0.29, 0.717) is 0 Å². The molecule has 1 unspecified atom stereocenters. The van der Waals surface area contributed by atoms with Crippen molar-refractivity contribution in [3.05, 3.63) is 0 Å². The van der Waals surface area contributed by atoms with E-state index in [1.165, 1.54) is 6.92 Å². The second kappa shape index (κ2) is 4.62. The lowest BCUT2D eigenvalue weighted by molar-refractivity contribution is -0.0287. The van der Waals surface area contributed by atoms with Gasteiger partial charge in [-0.25, -0.2) is 8.78 Å². The first-order valence-electron chi connectivity index (χ1n) is 3.68. The highest BCUT2D eigenvalue weighted by Gasteiger charge is 2.26. The number of hydrogen-bond acceptors (Lipinski definition) is 2. The minimum absolute atomic E-state index is 0.0443. The van der Waals surface area contributed by atoms with Crippen LogP contribution >= 0.6 is 0 Å². The van der Waals surface area contributed by atoms with Gasteiger partial charge in [-0.1, -0.05) is 6.92 Å². The Morgan fingerprint density at radius 1 is 1.45 bits per heavy atom. The van der Waals surface area contributed by atoms with Crippen LogP contribution in [0.5, 0.6) is 0 Å². The summed E-state index contributed by atoms with van der Waals surface area (Å²) in [6, 6.07) is 0. The van der Waals surface area contributed by atoms with Crippen LogP contribution in [0.4, 0.5) is 8.78 Å². The van der Waals surface area contributed by atoms with Gasteiger partial charge in [-0.2, -0.15) is 0 Å². The Bertz CT molecular complexity index is 107. The number of alkyl halides is 2. The molecule has 0 radical (unpaired) electrons. The normalized spacial score (nSPS) is 15.0. The van der Waals surface area contributed by atoms with Crippen LogP contribution in [0.15, 0.2) is 0 Å². The van der Waals surface area contributed by atoms with Gasteiger partial charge in [-0.05, 0) is 6.42 Å². The maximum absolute atomic E-state index is 12.5. The third-order valence-corrected chi connectivity index (χ3v) is 1.57. The number of hydrogen-bond donors (Lipinski definition) is 2. The van der Waals surface area contributed by atoms with Gasteiger partial charge in [-0.15, -0.1) is 0 Å². The molecule has 0 aliphatic carbocycles. The van der Waals surface area contributed by atoms with E-state index in [2.05, 4.69) is 0 Å². The maximum Gasteiger partial charge on any atom is 0.248 e. The van der Waals surface area contributed by atoms with Crippen LogP contribution < -0.4 is 0 Å². The topological polar surface area (TPSA) is 40.5 Å². The largest absolute Gasteiger partial charge is 0.394 e. The summed E-state index contributed by atoms with van der Waals surface area (Å²) in [5.74, 6) is -2.70. The van der Waals surface area contributed by atoms with E-state index < -0.39 is 18.6 Å². The Labute approximate surface area is 64.8 Å². The van der Waals surface area contributed by atoms with Gasteiger partial charge in [0.2, 0.25) is 5.92 Å². The minimum atomic E-state index is -2.70. The average Bonchev–Trinajstić information content (AvgIpc) is 2.00. The van der Waals surface area contributed by atoms with Crippen LogP contribution in [0.2, 0.25) is 0 Å². The number of aliphatic hydroxyl groups is 2. The maximum atomic E-state index is 12.5. The second-order valence-electron chi connectivity index (χ2n) is 2.58. The van der Waals surface area contributed by atoms with Crippen molar-refractivity contribution in [2.75, 3.05) is 6.61 Å². The van der Waals surface area contributed by atoms with E-state index in [1.54, 1.807) is 0 Å². The first-order valence-corrected chi connectivity index (χ1v) is 3.68. The third kappa shape index (κ3) is 5.09. The standard InChI is InChI=1S/C7H14F2O2/c1-2-7(8,9)4-3-6(11)5-10/h6,10-11H,2-5H2,1H3. The molecule has 68 valence electrons. The second-order valence-corrected chi connectivity index (χ2v) is 2.58. The molecule has 0 amide bonds. The summed E-state index contributed by atoms with van der Waals surface area (Å²) in [6.07, 6.45) is -1.62. The van der Waals surface area contributed by atoms with E-state index >= 15 is 0 Å². The fourth-order valence-corrected chi connectivity index (χ4v) is 0.646. The molecule has 2 N–H and O–H groups in total. The van der Waals surface area contributed by atoms with Crippen LogP contribution in [0.3, 0.4) is 0 Å². The van der Waals surface area contributed by atoms with Crippen molar-refractivity contribution < 1.29 is 19.0 Å². The zero-order valence-electron chi connectivity index (χ0n) is 6.56. The first kappa shape index (κ1) is 10.8. The number of rotatable bonds is 5. The van der Waals surface area contributed by atoms with Crippen LogP contribution in [0.1, 0.15) is 26.2 Å². The molecule has 0 heterocycles. The zero-order valence-corrected chi connectivity index (χ0v) is 6.56. The highest BCUT2D eigenvalue weighted by molar-refractivity contribution is 4.66. The molecule has 0 aliphatic heterocycles. The van der Waals surface area contributed by atoms with Crippen LogP contribution in [-0.4, -0.2) is 28.8 Å². The van der Waals surface area contributed by atoms with E-state index in [9.17, 15) is 8.78 Å². The van der Waals surface area contributed by atoms with Gasteiger partial charge in [-0.3, -0.25) is 0 Å². The lowest BCUT2D eigenvalue weighted by atomic mass is 10.1. The predicted octanol–water partition coefficient (Wildman–Crippen LogP) is 1.17. The Morgan fingerprint density at radius 3 is 2.36 bits per heavy atom. The molecule has 0 saturated heterocycles. The summed E-state index contributed by atoms with van der Waals surface area (Å²) >= 11 is 0. The highest BCUT2D eigenvalue weighted by Crippen LogP contribution is 2.24. The summed E-state index contributed by atoms with van der Waals surface area (Å²) in [4.78, 5) is 0. The fourth-order valence-electron chi connectivity index (χ4n) is 0.646. The van der Waals surface area contributed by atoms with Gasteiger partial charge >= 0.3 is 0 Å². The highest BCUT2D eigenvalue weighted by atomic mass is 19.3. The molecular weight excluding hydrogens is 154 g/mol. The van der Waals surface area contributed by atoms with Gasteiger partial charge < -0.3 is 10.2 Å². The molecule has 0 aromatic carbocycles. The molecule has 11 heavy (non-hydrogen) atoms. The van der Waals surface area contributed by atoms with Crippen LogP contribution in [-0.2, 0) is 0 Å². The van der Waals surface area contributed by atoms with E-state index in [4.69, 9.17) is 10.2 Å². The fraction of sp³-hybridized carbons (Fsp3) is 1.00. The van der Waals surface area contributed by atoms with Gasteiger partial charge in [0.25, 0.3) is 0 Å². The summed E-state index contributed by atoms with van der Waals surface area (Å²) < 4.78 is 24.9. The third-order valence-electron chi connectivity index (χ3n) is 1.57. The molecule has 0 aromatic heterocycles. The van der Waals surface area contributed by atoms with E-state index in [-0.39, 0.29) is 19.3 Å². The Morgan fingerprint density at radius 2 is 2.00 bits per heavy atom. The molecule has 2 nitrogen and oxygen atoms in total. The molecule has 1 atom stereocenters. The molecule has 0 aliphatic rings. The molecule has 0 saturated carbocycles. The van der Waals surface area contributed by atoms with Crippen molar-refractivity contribution in [1.82, 2.24) is 0 Å². The lowest BCUT2D eigenvalue weighted by Crippen LogP contribution is -2.20. The van der Waals surface area contributed by atoms with Gasteiger partial charge in [0.05, 0.1) is 12.7 Å². The molecule has 0 aromatic rings. The molecular formula is C7H14F2O2. The SMILES string of the molecule is CCC(F)(F)CCC(O)CO. The van der Waals surface area contributed by atoms with Crippen molar-refractivity contribution in [3.63, 3.8) is 0 Å². The van der Waals surface area contributed by atoms with Crippen molar-refractivity contribution in [2.24, 2.45) is 0 Å². The summed E-state index contributed by atoms with van der Waals surface area (Å²) in [5.41, 5.74) is 0. The van der Waals surface area contributed by atoms with Gasteiger partial charge in [0.15, 0.2) is 0 Å². The average molecular weight is 168 g/mol. The van der Waals surface area contributed by atoms with Gasteiger partial charge in [0.1, 0.15) is 0 Å². The molecule has 4 heteroatoms. The summed E-state index contributed by atoms with van der Waals surface area (Å²) in [7, 11) is 0. The molecule has 0 spiro atoms. The van der Waals surface area contributed by atoms with Crippen molar-refractivity contribution >= 4 is 0 Å². The van der Waals surface area contributed by atoms with Crippen LogP contribution in [0.25, 0.3) is 0 Å². The Hall–Kier alpha value is -0.220. The monoisotopic (exact) mass is 168 g/mol. The first-order chi connectivity index (χ1) is 5.02. The Kier molecular flexibility index (Phi) is 4.52. The smallest absolute Gasteiger partial charge is 0.248 e. The molecule has 0 rings (SSSR count). The quantitative estimate of drug-likeness (QED) is 0.646. The summed E-state index contributed by atoms with van der Waals surface area (Å²) in [5, 5.41) is 17.0. The van der Waals surface area contributed by atoms with Crippen molar-refractivity contribution in [3.8, 4) is 0 Å². The molecule has 0 bridgehead atoms.